The van der Waals surface area contributed by atoms with E-state index in [0.29, 0.717) is 22.3 Å². The number of hydrogen-bond acceptors (Lipinski definition) is 6. The molecule has 0 spiro atoms. The fraction of sp³-hybridized carbons (Fsp3) is 0.542. The third-order valence-corrected chi connectivity index (χ3v) is 7.49. The largest absolute Gasteiger partial charge is 0.457 e. The standard InChI is InChI=1S/C24H31N3O5/c1-27(21(22(25)28)20-13-15-32-26-20)14-7-12-19(27)16-31-23(29)24(30,18-10-5-6-11-18)17-8-3-2-4-9-17/h2-4,8-9,13,15,18-19,21,30H,5-7,10-12,14,16H2,1H3,(H-,25,28)/p+1. The highest BCUT2D eigenvalue weighted by Gasteiger charge is 2.51. The van der Waals surface area contributed by atoms with Gasteiger partial charge in [-0.05, 0) is 18.4 Å². The van der Waals surface area contributed by atoms with E-state index < -0.39 is 23.5 Å². The summed E-state index contributed by atoms with van der Waals surface area (Å²) >= 11 is 0. The first-order valence-electron chi connectivity index (χ1n) is 11.4. The van der Waals surface area contributed by atoms with Crippen LogP contribution in [-0.2, 0) is 19.9 Å². The van der Waals surface area contributed by atoms with Crippen LogP contribution in [0.2, 0.25) is 0 Å². The Bertz CT molecular complexity index is 928. The quantitative estimate of drug-likeness (QED) is 0.479. The van der Waals surface area contributed by atoms with Crippen LogP contribution in [0.25, 0.3) is 0 Å². The van der Waals surface area contributed by atoms with Gasteiger partial charge in [-0.1, -0.05) is 48.3 Å². The maximum atomic E-state index is 13.4. The topological polar surface area (TPSA) is 116 Å². The fourth-order valence-corrected chi connectivity index (χ4v) is 5.68. The summed E-state index contributed by atoms with van der Waals surface area (Å²) in [6.45, 7) is 0.799. The summed E-state index contributed by atoms with van der Waals surface area (Å²) < 4.78 is 11.0. The molecular weight excluding hydrogens is 410 g/mol. The van der Waals surface area contributed by atoms with Gasteiger partial charge in [0.1, 0.15) is 18.9 Å². The number of aliphatic hydroxyl groups is 1. The second kappa shape index (κ2) is 9.03. The molecule has 32 heavy (non-hydrogen) atoms. The molecule has 1 aliphatic heterocycles. The maximum absolute atomic E-state index is 13.4. The van der Waals surface area contributed by atoms with Crippen LogP contribution in [-0.4, -0.2) is 52.9 Å². The Hall–Kier alpha value is -2.71. The monoisotopic (exact) mass is 442 g/mol. The van der Waals surface area contributed by atoms with E-state index in [0.717, 1.165) is 38.5 Å². The second-order valence-electron chi connectivity index (χ2n) is 9.31. The molecule has 2 aromatic rings. The zero-order valence-electron chi connectivity index (χ0n) is 18.5. The molecule has 8 heteroatoms. The fourth-order valence-electron chi connectivity index (χ4n) is 5.68. The summed E-state index contributed by atoms with van der Waals surface area (Å²) in [5, 5.41) is 15.6. The lowest BCUT2D eigenvalue weighted by atomic mass is 9.80. The third kappa shape index (κ3) is 3.93. The van der Waals surface area contributed by atoms with Crippen molar-refractivity contribution in [1.29, 1.82) is 0 Å². The molecule has 8 nitrogen and oxygen atoms in total. The van der Waals surface area contributed by atoms with E-state index in [9.17, 15) is 14.7 Å². The number of primary amides is 1. The van der Waals surface area contributed by atoms with Gasteiger partial charge < -0.3 is 24.6 Å². The number of ether oxygens (including phenoxy) is 1. The minimum absolute atomic E-state index is 0.0961. The number of hydrogen-bond donors (Lipinski definition) is 2. The van der Waals surface area contributed by atoms with E-state index >= 15 is 0 Å². The lowest BCUT2D eigenvalue weighted by molar-refractivity contribution is -0.941. The highest BCUT2D eigenvalue weighted by Crippen LogP contribution is 2.42. The van der Waals surface area contributed by atoms with Crippen LogP contribution in [0.1, 0.15) is 55.8 Å². The predicted octanol–water partition coefficient (Wildman–Crippen LogP) is 2.43. The van der Waals surface area contributed by atoms with Gasteiger partial charge in [-0.3, -0.25) is 4.79 Å². The van der Waals surface area contributed by atoms with Crippen molar-refractivity contribution in [2.75, 3.05) is 20.2 Å². The molecular formula is C24H32N3O5+. The summed E-state index contributed by atoms with van der Waals surface area (Å²) in [6, 6.07) is 9.88. The normalized spacial score (nSPS) is 26.5. The minimum Gasteiger partial charge on any atom is -0.457 e. The van der Waals surface area contributed by atoms with E-state index in [-0.39, 0.29) is 18.6 Å². The Morgan fingerprint density at radius 3 is 2.56 bits per heavy atom. The molecule has 1 saturated carbocycles. The number of carbonyl (C=O) groups excluding carboxylic acids is 2. The Kier molecular flexibility index (Phi) is 6.35. The van der Waals surface area contributed by atoms with Crippen LogP contribution in [0.15, 0.2) is 47.2 Å². The molecule has 0 bridgehead atoms. The van der Waals surface area contributed by atoms with Gasteiger partial charge in [0.2, 0.25) is 6.04 Å². The van der Waals surface area contributed by atoms with E-state index in [1.54, 1.807) is 18.2 Å². The van der Waals surface area contributed by atoms with Crippen molar-refractivity contribution in [1.82, 2.24) is 5.16 Å². The highest BCUT2D eigenvalue weighted by molar-refractivity contribution is 5.82. The highest BCUT2D eigenvalue weighted by atomic mass is 16.6. The first kappa shape index (κ1) is 22.5. The summed E-state index contributed by atoms with van der Waals surface area (Å²) in [4.78, 5) is 25.7. The molecule has 4 unspecified atom stereocenters. The molecule has 1 aromatic heterocycles. The predicted molar refractivity (Wildman–Crippen MR) is 116 cm³/mol. The second-order valence-corrected chi connectivity index (χ2v) is 9.31. The van der Waals surface area contributed by atoms with Gasteiger partial charge in [-0.25, -0.2) is 4.79 Å². The van der Waals surface area contributed by atoms with Gasteiger partial charge >= 0.3 is 5.97 Å². The van der Waals surface area contributed by atoms with Crippen molar-refractivity contribution < 1.29 is 28.4 Å². The number of nitrogens with two attached hydrogens (primary N) is 1. The maximum Gasteiger partial charge on any atom is 0.343 e. The Balaban J connectivity index is 1.54. The lowest BCUT2D eigenvalue weighted by Crippen LogP contribution is -2.57. The Morgan fingerprint density at radius 1 is 1.22 bits per heavy atom. The van der Waals surface area contributed by atoms with E-state index in [4.69, 9.17) is 15.0 Å². The van der Waals surface area contributed by atoms with Crippen molar-refractivity contribution in [3.8, 4) is 0 Å². The molecule has 0 radical (unpaired) electrons. The minimum atomic E-state index is -1.67. The van der Waals surface area contributed by atoms with Crippen LogP contribution in [0.5, 0.6) is 0 Å². The molecule has 3 N–H and O–H groups in total. The molecule has 4 rings (SSSR count). The number of rotatable bonds is 8. The number of nitrogens with zero attached hydrogens (tertiary/aromatic N) is 2. The summed E-state index contributed by atoms with van der Waals surface area (Å²) in [5.41, 5.74) is 5.13. The lowest BCUT2D eigenvalue weighted by Gasteiger charge is -2.40. The van der Waals surface area contributed by atoms with Crippen molar-refractivity contribution in [3.05, 3.63) is 53.9 Å². The molecule has 1 saturated heterocycles. The van der Waals surface area contributed by atoms with Crippen LogP contribution in [0.3, 0.4) is 0 Å². The summed E-state index contributed by atoms with van der Waals surface area (Å²) in [6.07, 6.45) is 6.61. The number of aromatic nitrogens is 1. The van der Waals surface area contributed by atoms with E-state index in [1.165, 1.54) is 6.26 Å². The van der Waals surface area contributed by atoms with Gasteiger partial charge in [-0.2, -0.15) is 0 Å². The molecule has 1 aliphatic carbocycles. The molecule has 2 heterocycles. The van der Waals surface area contributed by atoms with Crippen LogP contribution in [0, 0.1) is 5.92 Å². The van der Waals surface area contributed by atoms with Crippen molar-refractivity contribution in [2.45, 2.75) is 56.2 Å². The average molecular weight is 443 g/mol. The SMILES string of the molecule is C[N+]1(C(C(N)=O)c2ccon2)CCCC1COC(=O)C(O)(c1ccccc1)C1CCCC1. The average Bonchev–Trinajstić information content (AvgIpc) is 3.55. The van der Waals surface area contributed by atoms with Crippen LogP contribution < -0.4 is 5.73 Å². The van der Waals surface area contributed by atoms with Crippen LogP contribution >= 0.6 is 0 Å². The molecule has 4 atom stereocenters. The smallest absolute Gasteiger partial charge is 0.343 e. The third-order valence-electron chi connectivity index (χ3n) is 7.49. The zero-order chi connectivity index (χ0) is 22.8. The number of amides is 1. The first-order chi connectivity index (χ1) is 15.4. The van der Waals surface area contributed by atoms with E-state index in [2.05, 4.69) is 5.16 Å². The number of quaternary nitrogens is 1. The number of likely N-dealkylation sites (tertiary alicyclic amines) is 1. The summed E-state index contributed by atoms with van der Waals surface area (Å²) in [5.74, 6) is -1.28. The number of esters is 1. The van der Waals surface area contributed by atoms with Crippen molar-refractivity contribution in [3.63, 3.8) is 0 Å². The summed E-state index contributed by atoms with van der Waals surface area (Å²) in [7, 11) is 1.94. The number of carbonyl (C=O) groups is 2. The molecule has 1 amide bonds. The molecule has 2 fully saturated rings. The Labute approximate surface area is 187 Å². The van der Waals surface area contributed by atoms with Crippen LogP contribution in [0.4, 0.5) is 0 Å². The number of likely N-dealkylation sites (N-methyl/N-ethyl adjacent to an activating group) is 1. The van der Waals surface area contributed by atoms with Crippen molar-refractivity contribution in [2.24, 2.45) is 11.7 Å². The van der Waals surface area contributed by atoms with Gasteiger partial charge in [0.05, 0.1) is 13.6 Å². The van der Waals surface area contributed by atoms with Gasteiger partial charge in [-0.15, -0.1) is 0 Å². The van der Waals surface area contributed by atoms with Gasteiger partial charge in [0, 0.05) is 24.8 Å². The number of benzene rings is 1. The Morgan fingerprint density at radius 2 is 1.94 bits per heavy atom. The van der Waals surface area contributed by atoms with Crippen molar-refractivity contribution >= 4 is 11.9 Å². The molecule has 2 aliphatic rings. The zero-order valence-corrected chi connectivity index (χ0v) is 18.5. The van der Waals surface area contributed by atoms with E-state index in [1.807, 2.05) is 25.2 Å². The molecule has 1 aromatic carbocycles. The molecule has 172 valence electrons. The van der Waals surface area contributed by atoms with Gasteiger partial charge in [0.25, 0.3) is 5.91 Å². The van der Waals surface area contributed by atoms with Gasteiger partial charge in [0.15, 0.2) is 11.3 Å². The first-order valence-corrected chi connectivity index (χ1v) is 11.4.